The van der Waals surface area contributed by atoms with E-state index in [1.165, 1.54) is 32.1 Å². The quantitative estimate of drug-likeness (QED) is 0.823. The fourth-order valence-electron chi connectivity index (χ4n) is 2.94. The summed E-state index contributed by atoms with van der Waals surface area (Å²) in [5, 5.41) is 3.65. The first-order valence-electron chi connectivity index (χ1n) is 8.01. The molecule has 2 unspecified atom stereocenters. The van der Waals surface area contributed by atoms with Crippen molar-refractivity contribution < 1.29 is 0 Å². The van der Waals surface area contributed by atoms with Crippen molar-refractivity contribution in [2.45, 2.75) is 71.8 Å². The molecule has 0 spiro atoms. The average molecular weight is 276 g/mol. The van der Waals surface area contributed by atoms with Gasteiger partial charge in [-0.3, -0.25) is 0 Å². The lowest BCUT2D eigenvalue weighted by atomic mass is 9.97. The molecule has 0 saturated heterocycles. The maximum Gasteiger partial charge on any atom is 0.134 e. The average Bonchev–Trinajstić information content (AvgIpc) is 2.61. The Morgan fingerprint density at radius 2 is 1.95 bits per heavy atom. The van der Waals surface area contributed by atoms with E-state index in [1.54, 1.807) is 0 Å². The molecular formula is C16H28N4. The van der Waals surface area contributed by atoms with Gasteiger partial charge in [-0.05, 0) is 32.1 Å². The zero-order valence-electron chi connectivity index (χ0n) is 13.1. The van der Waals surface area contributed by atoms with Crippen molar-refractivity contribution in [2.75, 3.05) is 11.1 Å². The van der Waals surface area contributed by atoms with Crippen LogP contribution in [0.2, 0.25) is 0 Å². The smallest absolute Gasteiger partial charge is 0.134 e. The second-order valence-electron chi connectivity index (χ2n) is 6.11. The molecule has 20 heavy (non-hydrogen) atoms. The molecule has 1 aliphatic carbocycles. The first-order chi connectivity index (χ1) is 9.61. The number of nitrogens with zero attached hydrogens (tertiary/aromatic N) is 2. The molecule has 1 aliphatic rings. The number of aryl methyl sites for hydroxylation is 1. The van der Waals surface area contributed by atoms with Gasteiger partial charge in [0.15, 0.2) is 0 Å². The number of nitrogen functional groups attached to an aromatic ring is 1. The third-order valence-electron chi connectivity index (χ3n) is 4.39. The highest BCUT2D eigenvalue weighted by molar-refractivity contribution is 5.55. The third-order valence-corrected chi connectivity index (χ3v) is 4.39. The first-order valence-corrected chi connectivity index (χ1v) is 8.01. The van der Waals surface area contributed by atoms with Gasteiger partial charge in [-0.25, -0.2) is 9.97 Å². The highest BCUT2D eigenvalue weighted by Crippen LogP contribution is 2.27. The van der Waals surface area contributed by atoms with Gasteiger partial charge in [0.05, 0.1) is 0 Å². The van der Waals surface area contributed by atoms with Crippen molar-refractivity contribution >= 4 is 11.6 Å². The topological polar surface area (TPSA) is 63.8 Å². The minimum atomic E-state index is 0.514. The van der Waals surface area contributed by atoms with Crippen LogP contribution in [0.1, 0.15) is 63.8 Å². The van der Waals surface area contributed by atoms with Crippen LogP contribution >= 0.6 is 0 Å². The van der Waals surface area contributed by atoms with Crippen LogP contribution < -0.4 is 11.1 Å². The minimum Gasteiger partial charge on any atom is -0.383 e. The zero-order valence-corrected chi connectivity index (χ0v) is 13.1. The zero-order chi connectivity index (χ0) is 14.5. The van der Waals surface area contributed by atoms with E-state index in [0.717, 1.165) is 30.0 Å². The van der Waals surface area contributed by atoms with Gasteiger partial charge < -0.3 is 11.1 Å². The van der Waals surface area contributed by atoms with Gasteiger partial charge in [-0.2, -0.15) is 0 Å². The molecule has 1 saturated carbocycles. The maximum atomic E-state index is 6.03. The SMILES string of the molecule is CCCc1nc(N)c(C)c(NC2CCCCCC2C)n1. The summed E-state index contributed by atoms with van der Waals surface area (Å²) in [6.07, 6.45) is 8.48. The van der Waals surface area contributed by atoms with Gasteiger partial charge in [-0.1, -0.05) is 33.1 Å². The number of nitrogens with one attached hydrogen (secondary N) is 1. The second-order valence-corrected chi connectivity index (χ2v) is 6.11. The number of aromatic nitrogens is 2. The molecule has 0 aliphatic heterocycles. The Kier molecular flexibility index (Phi) is 5.21. The molecule has 2 atom stereocenters. The number of nitrogens with two attached hydrogens (primary N) is 1. The second kappa shape index (κ2) is 6.91. The predicted octanol–water partition coefficient (Wildman–Crippen LogP) is 3.70. The van der Waals surface area contributed by atoms with Crippen LogP contribution in [0.3, 0.4) is 0 Å². The lowest BCUT2D eigenvalue weighted by Gasteiger charge is -2.24. The Morgan fingerprint density at radius 1 is 1.20 bits per heavy atom. The van der Waals surface area contributed by atoms with E-state index >= 15 is 0 Å². The van der Waals surface area contributed by atoms with E-state index in [9.17, 15) is 0 Å². The van der Waals surface area contributed by atoms with Crippen LogP contribution in [-0.4, -0.2) is 16.0 Å². The molecule has 0 radical (unpaired) electrons. The van der Waals surface area contributed by atoms with Gasteiger partial charge in [0.2, 0.25) is 0 Å². The van der Waals surface area contributed by atoms with E-state index in [1.807, 2.05) is 6.92 Å². The third kappa shape index (κ3) is 3.62. The molecule has 1 heterocycles. The molecule has 0 aromatic carbocycles. The lowest BCUT2D eigenvalue weighted by molar-refractivity contribution is 0.455. The summed E-state index contributed by atoms with van der Waals surface area (Å²) in [7, 11) is 0. The van der Waals surface area contributed by atoms with Crippen LogP contribution in [0.4, 0.5) is 11.6 Å². The molecule has 3 N–H and O–H groups in total. The summed E-state index contributed by atoms with van der Waals surface area (Å²) in [6.45, 7) is 6.49. The fourth-order valence-corrected chi connectivity index (χ4v) is 2.94. The summed E-state index contributed by atoms with van der Waals surface area (Å²) in [5.41, 5.74) is 7.02. The number of rotatable bonds is 4. The van der Waals surface area contributed by atoms with E-state index in [-0.39, 0.29) is 0 Å². The molecule has 1 aromatic heterocycles. The number of hydrogen-bond donors (Lipinski definition) is 2. The number of hydrogen-bond acceptors (Lipinski definition) is 4. The Balaban J connectivity index is 2.18. The maximum absolute atomic E-state index is 6.03. The minimum absolute atomic E-state index is 0.514. The Bertz CT molecular complexity index is 444. The van der Waals surface area contributed by atoms with Crippen LogP contribution in [0, 0.1) is 12.8 Å². The van der Waals surface area contributed by atoms with E-state index in [2.05, 4.69) is 29.1 Å². The standard InChI is InChI=1S/C16H28N4/c1-4-8-14-19-15(17)12(3)16(20-14)18-13-10-7-5-6-9-11(13)2/h11,13H,4-10H2,1-3H3,(H3,17,18,19,20). The monoisotopic (exact) mass is 276 g/mol. The Morgan fingerprint density at radius 3 is 2.70 bits per heavy atom. The molecule has 1 aromatic rings. The van der Waals surface area contributed by atoms with Gasteiger partial charge in [0.1, 0.15) is 17.5 Å². The number of anilines is 2. The molecule has 0 bridgehead atoms. The van der Waals surface area contributed by atoms with Crippen molar-refractivity contribution in [3.8, 4) is 0 Å². The largest absolute Gasteiger partial charge is 0.383 e. The molecule has 0 amide bonds. The highest BCUT2D eigenvalue weighted by atomic mass is 15.1. The van der Waals surface area contributed by atoms with Crippen molar-refractivity contribution in [3.63, 3.8) is 0 Å². The first kappa shape index (κ1) is 15.1. The molecule has 2 rings (SSSR count). The summed E-state index contributed by atoms with van der Waals surface area (Å²) in [5.74, 6) is 3.12. The lowest BCUT2D eigenvalue weighted by Crippen LogP contribution is -2.27. The van der Waals surface area contributed by atoms with Crippen LogP contribution in [0.5, 0.6) is 0 Å². The molecular weight excluding hydrogens is 248 g/mol. The van der Waals surface area contributed by atoms with E-state index in [0.29, 0.717) is 17.8 Å². The Hall–Kier alpha value is -1.32. The van der Waals surface area contributed by atoms with Crippen LogP contribution in [-0.2, 0) is 6.42 Å². The molecule has 112 valence electrons. The van der Waals surface area contributed by atoms with Gasteiger partial charge in [0, 0.05) is 18.0 Å². The highest BCUT2D eigenvalue weighted by Gasteiger charge is 2.21. The normalized spacial score (nSPS) is 23.4. The predicted molar refractivity (Wildman–Crippen MR) is 84.8 cm³/mol. The molecule has 4 nitrogen and oxygen atoms in total. The van der Waals surface area contributed by atoms with Crippen molar-refractivity contribution in [2.24, 2.45) is 5.92 Å². The molecule has 4 heteroatoms. The van der Waals surface area contributed by atoms with Crippen molar-refractivity contribution in [3.05, 3.63) is 11.4 Å². The van der Waals surface area contributed by atoms with Crippen LogP contribution in [0.15, 0.2) is 0 Å². The summed E-state index contributed by atoms with van der Waals surface area (Å²) >= 11 is 0. The van der Waals surface area contributed by atoms with E-state index < -0.39 is 0 Å². The summed E-state index contributed by atoms with van der Waals surface area (Å²) in [4.78, 5) is 9.06. The Labute approximate surface area is 122 Å². The van der Waals surface area contributed by atoms with Crippen molar-refractivity contribution in [1.82, 2.24) is 9.97 Å². The van der Waals surface area contributed by atoms with Gasteiger partial charge in [-0.15, -0.1) is 0 Å². The van der Waals surface area contributed by atoms with Crippen molar-refractivity contribution in [1.29, 1.82) is 0 Å². The fraction of sp³-hybridized carbons (Fsp3) is 0.750. The van der Waals surface area contributed by atoms with Gasteiger partial charge >= 0.3 is 0 Å². The van der Waals surface area contributed by atoms with Gasteiger partial charge in [0.25, 0.3) is 0 Å². The summed E-state index contributed by atoms with van der Waals surface area (Å²) in [6, 6.07) is 0.514. The summed E-state index contributed by atoms with van der Waals surface area (Å²) < 4.78 is 0. The van der Waals surface area contributed by atoms with E-state index in [4.69, 9.17) is 5.73 Å². The molecule has 1 fully saturated rings. The van der Waals surface area contributed by atoms with Crippen LogP contribution in [0.25, 0.3) is 0 Å².